The van der Waals surface area contributed by atoms with Crippen molar-refractivity contribution < 1.29 is 9.90 Å². The van der Waals surface area contributed by atoms with Crippen LogP contribution >= 0.6 is 0 Å². The van der Waals surface area contributed by atoms with Crippen LogP contribution in [-0.2, 0) is 6.42 Å². The molecule has 0 unspecified atom stereocenters. The SMILES string of the molecule is CCCc1cc(C(=O)O)cc(N(C)c2ccc(C)cc2)n1. The zero-order valence-electron chi connectivity index (χ0n) is 12.6. The number of anilines is 2. The molecule has 4 nitrogen and oxygen atoms in total. The average molecular weight is 284 g/mol. The van der Waals surface area contributed by atoms with Gasteiger partial charge in [0.15, 0.2) is 0 Å². The molecule has 0 fully saturated rings. The van der Waals surface area contributed by atoms with E-state index in [2.05, 4.69) is 11.9 Å². The summed E-state index contributed by atoms with van der Waals surface area (Å²) in [6.45, 7) is 4.09. The van der Waals surface area contributed by atoms with Gasteiger partial charge in [0, 0.05) is 18.4 Å². The molecule has 0 saturated heterocycles. The Kier molecular flexibility index (Phi) is 4.58. The Morgan fingerprint density at radius 1 is 1.24 bits per heavy atom. The molecule has 1 aromatic heterocycles. The number of benzene rings is 1. The molecular formula is C17H20N2O2. The molecule has 0 aliphatic rings. The second-order valence-electron chi connectivity index (χ2n) is 5.16. The van der Waals surface area contributed by atoms with Crippen molar-refractivity contribution >= 4 is 17.5 Å². The second-order valence-corrected chi connectivity index (χ2v) is 5.16. The van der Waals surface area contributed by atoms with Gasteiger partial charge >= 0.3 is 5.97 Å². The van der Waals surface area contributed by atoms with Gasteiger partial charge in [-0.15, -0.1) is 0 Å². The molecule has 0 spiro atoms. The highest BCUT2D eigenvalue weighted by Crippen LogP contribution is 2.24. The van der Waals surface area contributed by atoms with Crippen molar-refractivity contribution in [1.82, 2.24) is 4.98 Å². The Balaban J connectivity index is 2.41. The molecule has 1 aromatic carbocycles. The van der Waals surface area contributed by atoms with Crippen LogP contribution in [0.5, 0.6) is 0 Å². The highest BCUT2D eigenvalue weighted by Gasteiger charge is 2.12. The number of aromatic carboxylic acids is 1. The number of rotatable bonds is 5. The van der Waals surface area contributed by atoms with Crippen LogP contribution in [0, 0.1) is 6.92 Å². The number of carboxylic acids is 1. The van der Waals surface area contributed by atoms with Crippen LogP contribution in [0.1, 0.15) is 35.0 Å². The summed E-state index contributed by atoms with van der Waals surface area (Å²) in [6, 6.07) is 11.3. The predicted molar refractivity (Wildman–Crippen MR) is 84.4 cm³/mol. The maximum atomic E-state index is 11.3. The van der Waals surface area contributed by atoms with E-state index in [4.69, 9.17) is 0 Å². The summed E-state index contributed by atoms with van der Waals surface area (Å²) in [5, 5.41) is 9.24. The van der Waals surface area contributed by atoms with E-state index in [9.17, 15) is 9.90 Å². The first-order valence-corrected chi connectivity index (χ1v) is 7.06. The normalized spacial score (nSPS) is 10.4. The van der Waals surface area contributed by atoms with E-state index in [0.717, 1.165) is 24.2 Å². The summed E-state index contributed by atoms with van der Waals surface area (Å²) in [5.41, 5.74) is 3.26. The van der Waals surface area contributed by atoms with Crippen molar-refractivity contribution in [1.29, 1.82) is 0 Å². The first-order chi connectivity index (χ1) is 10.0. The zero-order chi connectivity index (χ0) is 15.4. The fourth-order valence-electron chi connectivity index (χ4n) is 2.15. The highest BCUT2D eigenvalue weighted by molar-refractivity contribution is 5.89. The van der Waals surface area contributed by atoms with Crippen LogP contribution < -0.4 is 4.90 Å². The van der Waals surface area contributed by atoms with Crippen molar-refractivity contribution in [3.05, 3.63) is 53.2 Å². The van der Waals surface area contributed by atoms with Crippen LogP contribution in [-0.4, -0.2) is 23.1 Å². The second kappa shape index (κ2) is 6.39. The minimum atomic E-state index is -0.923. The molecule has 0 bridgehead atoms. The highest BCUT2D eigenvalue weighted by atomic mass is 16.4. The van der Waals surface area contributed by atoms with Gasteiger partial charge in [0.1, 0.15) is 5.82 Å². The zero-order valence-corrected chi connectivity index (χ0v) is 12.6. The topological polar surface area (TPSA) is 53.4 Å². The van der Waals surface area contributed by atoms with Gasteiger partial charge in [-0.1, -0.05) is 31.0 Å². The Bertz CT molecular complexity index is 636. The van der Waals surface area contributed by atoms with E-state index < -0.39 is 5.97 Å². The van der Waals surface area contributed by atoms with Gasteiger partial charge < -0.3 is 10.0 Å². The number of aryl methyl sites for hydroxylation is 2. The molecule has 21 heavy (non-hydrogen) atoms. The lowest BCUT2D eigenvalue weighted by atomic mass is 10.1. The molecule has 0 atom stereocenters. The van der Waals surface area contributed by atoms with Crippen molar-refractivity contribution in [2.75, 3.05) is 11.9 Å². The van der Waals surface area contributed by atoms with Gasteiger partial charge in [0.25, 0.3) is 0 Å². The van der Waals surface area contributed by atoms with Gasteiger partial charge in [-0.2, -0.15) is 0 Å². The Morgan fingerprint density at radius 3 is 2.48 bits per heavy atom. The fourth-order valence-corrected chi connectivity index (χ4v) is 2.15. The third kappa shape index (κ3) is 3.60. The molecule has 0 saturated carbocycles. The Morgan fingerprint density at radius 2 is 1.90 bits per heavy atom. The molecular weight excluding hydrogens is 264 g/mol. The minimum absolute atomic E-state index is 0.280. The quantitative estimate of drug-likeness (QED) is 0.907. The van der Waals surface area contributed by atoms with Crippen molar-refractivity contribution in [3.8, 4) is 0 Å². The molecule has 0 amide bonds. The standard InChI is InChI=1S/C17H20N2O2/c1-4-5-14-10-13(17(20)21)11-16(18-14)19(3)15-8-6-12(2)7-9-15/h6-11H,4-5H2,1-3H3,(H,20,21). The van der Waals surface area contributed by atoms with Gasteiger partial charge in [-0.05, 0) is 37.6 Å². The largest absolute Gasteiger partial charge is 0.478 e. The van der Waals surface area contributed by atoms with Crippen LogP contribution in [0.2, 0.25) is 0 Å². The number of aromatic nitrogens is 1. The maximum Gasteiger partial charge on any atom is 0.335 e. The smallest absolute Gasteiger partial charge is 0.335 e. The van der Waals surface area contributed by atoms with E-state index in [1.807, 2.05) is 43.1 Å². The van der Waals surface area contributed by atoms with Crippen molar-refractivity contribution in [2.45, 2.75) is 26.7 Å². The van der Waals surface area contributed by atoms with Crippen molar-refractivity contribution in [2.24, 2.45) is 0 Å². The van der Waals surface area contributed by atoms with E-state index >= 15 is 0 Å². The molecule has 2 aromatic rings. The summed E-state index contributed by atoms with van der Waals surface area (Å²) < 4.78 is 0. The van der Waals surface area contributed by atoms with Crippen LogP contribution in [0.15, 0.2) is 36.4 Å². The monoisotopic (exact) mass is 284 g/mol. The first-order valence-electron chi connectivity index (χ1n) is 7.06. The van der Waals surface area contributed by atoms with Gasteiger partial charge in [0.05, 0.1) is 5.56 Å². The lowest BCUT2D eigenvalue weighted by Crippen LogP contribution is -2.13. The van der Waals surface area contributed by atoms with E-state index in [0.29, 0.717) is 5.82 Å². The lowest BCUT2D eigenvalue weighted by Gasteiger charge is -2.20. The van der Waals surface area contributed by atoms with E-state index in [-0.39, 0.29) is 5.56 Å². The van der Waals surface area contributed by atoms with E-state index in [1.165, 1.54) is 5.56 Å². The fraction of sp³-hybridized carbons (Fsp3) is 0.294. The Labute approximate surface area is 125 Å². The summed E-state index contributed by atoms with van der Waals surface area (Å²) >= 11 is 0. The molecule has 0 radical (unpaired) electrons. The molecule has 0 aliphatic heterocycles. The van der Waals surface area contributed by atoms with E-state index in [1.54, 1.807) is 12.1 Å². The molecule has 1 heterocycles. The number of carboxylic acid groups (broad SMARTS) is 1. The number of pyridine rings is 1. The average Bonchev–Trinajstić information content (AvgIpc) is 2.47. The summed E-state index contributed by atoms with van der Waals surface area (Å²) in [7, 11) is 1.90. The van der Waals surface area contributed by atoms with Gasteiger partial charge in [-0.25, -0.2) is 9.78 Å². The summed E-state index contributed by atoms with van der Waals surface area (Å²) in [6.07, 6.45) is 1.71. The van der Waals surface area contributed by atoms with Crippen LogP contribution in [0.4, 0.5) is 11.5 Å². The number of carbonyl (C=O) groups is 1. The van der Waals surface area contributed by atoms with Crippen molar-refractivity contribution in [3.63, 3.8) is 0 Å². The van der Waals surface area contributed by atoms with Crippen LogP contribution in [0.25, 0.3) is 0 Å². The molecule has 110 valence electrons. The third-order valence-electron chi connectivity index (χ3n) is 3.38. The first kappa shape index (κ1) is 15.0. The van der Waals surface area contributed by atoms with Gasteiger partial charge in [-0.3, -0.25) is 0 Å². The summed E-state index contributed by atoms with van der Waals surface area (Å²) in [5.74, 6) is -0.268. The molecule has 2 rings (SSSR count). The number of nitrogens with zero attached hydrogens (tertiary/aromatic N) is 2. The third-order valence-corrected chi connectivity index (χ3v) is 3.38. The lowest BCUT2D eigenvalue weighted by molar-refractivity contribution is 0.0696. The number of hydrogen-bond donors (Lipinski definition) is 1. The molecule has 4 heteroatoms. The minimum Gasteiger partial charge on any atom is -0.478 e. The predicted octanol–water partition coefficient (Wildman–Crippen LogP) is 3.81. The van der Waals surface area contributed by atoms with Crippen LogP contribution in [0.3, 0.4) is 0 Å². The Hall–Kier alpha value is -2.36. The molecule has 1 N–H and O–H groups in total. The number of hydrogen-bond acceptors (Lipinski definition) is 3. The van der Waals surface area contributed by atoms with Gasteiger partial charge in [0.2, 0.25) is 0 Å². The summed E-state index contributed by atoms with van der Waals surface area (Å²) in [4.78, 5) is 17.7. The molecule has 0 aliphatic carbocycles. The maximum absolute atomic E-state index is 11.3.